The molecule has 1 fully saturated rings. The molecular formula is C13H20Cl2N2O2S. The minimum Gasteiger partial charge on any atom is -0.318 e. The number of aryl methyl sites for hydroxylation is 1. The van der Waals surface area contributed by atoms with Crippen molar-refractivity contribution < 1.29 is 8.42 Å². The van der Waals surface area contributed by atoms with Gasteiger partial charge in [0.1, 0.15) is 4.90 Å². The summed E-state index contributed by atoms with van der Waals surface area (Å²) in [6.07, 6.45) is 1.79. The fourth-order valence-electron chi connectivity index (χ4n) is 2.51. The molecule has 0 amide bonds. The third kappa shape index (κ3) is 3.28. The highest BCUT2D eigenvalue weighted by molar-refractivity contribution is 7.89. The molecule has 1 unspecified atom stereocenters. The molecule has 1 aromatic rings. The second-order valence-electron chi connectivity index (χ2n) is 4.86. The summed E-state index contributed by atoms with van der Waals surface area (Å²) in [5.74, 6) is 0. The van der Waals surface area contributed by atoms with E-state index >= 15 is 0 Å². The van der Waals surface area contributed by atoms with Crippen LogP contribution in [0.15, 0.2) is 23.1 Å². The van der Waals surface area contributed by atoms with Gasteiger partial charge in [0.05, 0.1) is 5.02 Å². The summed E-state index contributed by atoms with van der Waals surface area (Å²) in [5, 5.41) is 3.38. The van der Waals surface area contributed by atoms with Gasteiger partial charge in [-0.25, -0.2) is 8.42 Å². The van der Waals surface area contributed by atoms with Crippen LogP contribution < -0.4 is 5.32 Å². The Morgan fingerprint density at radius 2 is 2.15 bits per heavy atom. The highest BCUT2D eigenvalue weighted by Crippen LogP contribution is 2.31. The number of nitrogens with one attached hydrogen (secondary N) is 1. The predicted octanol–water partition coefficient (Wildman–Crippen LogP) is 2.44. The molecule has 0 spiro atoms. The Morgan fingerprint density at radius 1 is 1.45 bits per heavy atom. The van der Waals surface area contributed by atoms with Gasteiger partial charge in [0.15, 0.2) is 0 Å². The van der Waals surface area contributed by atoms with E-state index in [0.29, 0.717) is 18.1 Å². The predicted molar refractivity (Wildman–Crippen MR) is 84.3 cm³/mol. The maximum atomic E-state index is 12.7. The summed E-state index contributed by atoms with van der Waals surface area (Å²) in [6.45, 7) is 3.05. The molecule has 1 aromatic carbocycles. The Hall–Kier alpha value is -0.330. The third-order valence-corrected chi connectivity index (χ3v) is 6.11. The Kier molecular flexibility index (Phi) is 6.28. The van der Waals surface area contributed by atoms with Gasteiger partial charge in [0.2, 0.25) is 10.0 Å². The molecule has 7 heteroatoms. The van der Waals surface area contributed by atoms with Crippen LogP contribution in [-0.2, 0) is 10.0 Å². The average molecular weight is 339 g/mol. The maximum absolute atomic E-state index is 12.7. The fraction of sp³-hybridized carbons (Fsp3) is 0.538. The minimum absolute atomic E-state index is 0. The SMILES string of the molecule is CNCC1CCCN1S(=O)(=O)c1cccc(C)c1Cl.Cl. The van der Waals surface area contributed by atoms with E-state index in [2.05, 4.69) is 5.32 Å². The molecule has 0 bridgehead atoms. The van der Waals surface area contributed by atoms with Gasteiger partial charge in [-0.1, -0.05) is 23.7 Å². The molecule has 0 aromatic heterocycles. The van der Waals surface area contributed by atoms with Gasteiger partial charge in [-0.2, -0.15) is 4.31 Å². The summed E-state index contributed by atoms with van der Waals surface area (Å²) in [5.41, 5.74) is 0.784. The van der Waals surface area contributed by atoms with Crippen molar-refractivity contribution in [2.24, 2.45) is 0 Å². The van der Waals surface area contributed by atoms with Crippen molar-refractivity contribution in [2.45, 2.75) is 30.7 Å². The lowest BCUT2D eigenvalue weighted by atomic mass is 10.2. The summed E-state index contributed by atoms with van der Waals surface area (Å²) in [7, 11) is -1.67. The minimum atomic E-state index is -3.50. The van der Waals surface area contributed by atoms with Crippen LogP contribution in [0.4, 0.5) is 0 Å². The Morgan fingerprint density at radius 3 is 2.80 bits per heavy atom. The van der Waals surface area contributed by atoms with Crippen molar-refractivity contribution in [3.8, 4) is 0 Å². The lowest BCUT2D eigenvalue weighted by Crippen LogP contribution is -2.40. The van der Waals surface area contributed by atoms with Crippen LogP contribution in [0.3, 0.4) is 0 Å². The van der Waals surface area contributed by atoms with E-state index in [1.54, 1.807) is 16.4 Å². The average Bonchev–Trinajstić information content (AvgIpc) is 2.82. The molecule has 1 N–H and O–H groups in total. The maximum Gasteiger partial charge on any atom is 0.244 e. The zero-order valence-corrected chi connectivity index (χ0v) is 14.0. The quantitative estimate of drug-likeness (QED) is 0.917. The van der Waals surface area contributed by atoms with Gasteiger partial charge < -0.3 is 5.32 Å². The molecule has 20 heavy (non-hydrogen) atoms. The number of halogens is 2. The number of hydrogen-bond acceptors (Lipinski definition) is 3. The van der Waals surface area contributed by atoms with Gasteiger partial charge >= 0.3 is 0 Å². The first-order valence-electron chi connectivity index (χ1n) is 6.40. The standard InChI is InChI=1S/C13H19ClN2O2S.ClH/c1-10-5-3-7-12(13(10)14)19(17,18)16-8-4-6-11(16)9-15-2;/h3,5,7,11,15H,4,6,8-9H2,1-2H3;1H. The van der Waals surface area contributed by atoms with Crippen LogP contribution in [0.1, 0.15) is 18.4 Å². The van der Waals surface area contributed by atoms with E-state index in [4.69, 9.17) is 11.6 Å². The van der Waals surface area contributed by atoms with E-state index in [9.17, 15) is 8.42 Å². The highest BCUT2D eigenvalue weighted by atomic mass is 35.5. The van der Waals surface area contributed by atoms with Crippen molar-refractivity contribution in [3.63, 3.8) is 0 Å². The highest BCUT2D eigenvalue weighted by Gasteiger charge is 2.35. The largest absolute Gasteiger partial charge is 0.318 e. The van der Waals surface area contributed by atoms with E-state index < -0.39 is 10.0 Å². The molecule has 0 radical (unpaired) electrons. The first-order valence-corrected chi connectivity index (χ1v) is 8.22. The third-order valence-electron chi connectivity index (χ3n) is 3.51. The van der Waals surface area contributed by atoms with Gasteiger partial charge in [-0.15, -0.1) is 12.4 Å². The van der Waals surface area contributed by atoms with Crippen LogP contribution in [0.25, 0.3) is 0 Å². The molecule has 1 saturated heterocycles. The van der Waals surface area contributed by atoms with Gasteiger partial charge in [0, 0.05) is 19.1 Å². The summed E-state index contributed by atoms with van der Waals surface area (Å²) >= 11 is 6.16. The Bertz CT molecular complexity index is 563. The van der Waals surface area contributed by atoms with E-state index in [1.165, 1.54) is 0 Å². The molecule has 1 aliphatic rings. The first-order chi connectivity index (χ1) is 8.98. The van der Waals surface area contributed by atoms with Gasteiger partial charge in [-0.05, 0) is 38.4 Å². The monoisotopic (exact) mass is 338 g/mol. The zero-order valence-electron chi connectivity index (χ0n) is 11.6. The van der Waals surface area contributed by atoms with Crippen LogP contribution in [0.5, 0.6) is 0 Å². The number of likely N-dealkylation sites (N-methyl/N-ethyl adjacent to an activating group) is 1. The number of sulfonamides is 1. The number of benzene rings is 1. The van der Waals surface area contributed by atoms with E-state index in [1.807, 2.05) is 20.0 Å². The topological polar surface area (TPSA) is 49.4 Å². The normalized spacial score (nSPS) is 19.9. The van der Waals surface area contributed by atoms with Gasteiger partial charge in [-0.3, -0.25) is 0 Å². The molecule has 4 nitrogen and oxygen atoms in total. The first kappa shape index (κ1) is 17.7. The van der Waals surface area contributed by atoms with Crippen LogP contribution >= 0.6 is 24.0 Å². The van der Waals surface area contributed by atoms with Crippen molar-refractivity contribution >= 4 is 34.0 Å². The van der Waals surface area contributed by atoms with Crippen LogP contribution in [-0.4, -0.2) is 38.9 Å². The van der Waals surface area contributed by atoms with Crippen molar-refractivity contribution in [2.75, 3.05) is 20.1 Å². The van der Waals surface area contributed by atoms with Crippen LogP contribution in [0.2, 0.25) is 5.02 Å². The summed E-state index contributed by atoms with van der Waals surface area (Å²) < 4.78 is 27.0. The second kappa shape index (κ2) is 7.09. The van der Waals surface area contributed by atoms with E-state index in [0.717, 1.165) is 18.4 Å². The molecule has 2 rings (SSSR count). The number of nitrogens with zero attached hydrogens (tertiary/aromatic N) is 1. The van der Waals surface area contributed by atoms with Crippen molar-refractivity contribution in [1.82, 2.24) is 9.62 Å². The molecule has 1 aliphatic heterocycles. The summed E-state index contributed by atoms with van der Waals surface area (Å²) in [6, 6.07) is 5.15. The molecule has 1 heterocycles. The molecule has 114 valence electrons. The lowest BCUT2D eigenvalue weighted by molar-refractivity contribution is 0.379. The summed E-state index contributed by atoms with van der Waals surface area (Å²) in [4.78, 5) is 0.220. The Labute approximate surface area is 132 Å². The lowest BCUT2D eigenvalue weighted by Gasteiger charge is -2.24. The number of rotatable bonds is 4. The van der Waals surface area contributed by atoms with E-state index in [-0.39, 0.29) is 23.3 Å². The Balaban J connectivity index is 0.00000200. The second-order valence-corrected chi connectivity index (χ2v) is 7.09. The van der Waals surface area contributed by atoms with Gasteiger partial charge in [0.25, 0.3) is 0 Å². The zero-order chi connectivity index (χ0) is 14.0. The molecular weight excluding hydrogens is 319 g/mol. The fourth-order valence-corrected chi connectivity index (χ4v) is 4.76. The molecule has 0 saturated carbocycles. The van der Waals surface area contributed by atoms with Crippen molar-refractivity contribution in [3.05, 3.63) is 28.8 Å². The molecule has 1 atom stereocenters. The smallest absolute Gasteiger partial charge is 0.244 e. The molecule has 0 aliphatic carbocycles. The number of hydrogen-bond donors (Lipinski definition) is 1. The van der Waals surface area contributed by atoms with Crippen molar-refractivity contribution in [1.29, 1.82) is 0 Å². The van der Waals surface area contributed by atoms with Crippen LogP contribution in [0, 0.1) is 6.92 Å².